The van der Waals surface area contributed by atoms with Crippen molar-refractivity contribution in [2.24, 2.45) is 5.84 Å². The van der Waals surface area contributed by atoms with Gasteiger partial charge in [0, 0.05) is 12.1 Å². The lowest BCUT2D eigenvalue weighted by Crippen LogP contribution is -2.05. The maximum Gasteiger partial charge on any atom is 0.155 e. The molecule has 0 spiro atoms. The molecule has 1 aliphatic carbocycles. The van der Waals surface area contributed by atoms with Gasteiger partial charge in [-0.1, -0.05) is 24.3 Å². The number of hydrogen-bond acceptors (Lipinski definition) is 3. The highest BCUT2D eigenvalue weighted by Gasteiger charge is 1.98. The van der Waals surface area contributed by atoms with Crippen LogP contribution >= 0.6 is 0 Å². The van der Waals surface area contributed by atoms with E-state index in [0.29, 0.717) is 0 Å². The highest BCUT2D eigenvalue weighted by molar-refractivity contribution is 5.90. The molecular weight excluding hydrogens is 188 g/mol. The van der Waals surface area contributed by atoms with Gasteiger partial charge in [0.2, 0.25) is 0 Å². The average molecular weight is 204 g/mol. The van der Waals surface area contributed by atoms with Crippen LogP contribution in [0.1, 0.15) is 19.3 Å². The summed E-state index contributed by atoms with van der Waals surface area (Å²) in [6.07, 6.45) is 6.51. The summed E-state index contributed by atoms with van der Waals surface area (Å²) in [6.45, 7) is 0. The number of para-hydroxylation sites is 1. The Hall–Kier alpha value is -1.61. The Kier molecular flexibility index (Phi) is 5.19. The number of rotatable bonds is 1. The summed E-state index contributed by atoms with van der Waals surface area (Å²) in [4.78, 5) is 10.4. The number of ketones is 1. The summed E-state index contributed by atoms with van der Waals surface area (Å²) >= 11 is 0. The van der Waals surface area contributed by atoms with E-state index in [9.17, 15) is 4.79 Å². The number of nitrogen functional groups attached to an aromatic ring is 1. The summed E-state index contributed by atoms with van der Waals surface area (Å²) in [5, 5.41) is 0. The third-order valence-corrected chi connectivity index (χ3v) is 2.04. The quantitative estimate of drug-likeness (QED) is 0.545. The third kappa shape index (κ3) is 4.98. The molecule has 1 aliphatic rings. The second kappa shape index (κ2) is 6.79. The van der Waals surface area contributed by atoms with Gasteiger partial charge in [0.15, 0.2) is 5.78 Å². The molecule has 0 atom stereocenters. The van der Waals surface area contributed by atoms with Crippen molar-refractivity contribution < 1.29 is 4.79 Å². The van der Waals surface area contributed by atoms with Gasteiger partial charge < -0.3 is 5.43 Å². The van der Waals surface area contributed by atoms with Crippen molar-refractivity contribution >= 4 is 11.5 Å². The molecule has 0 fully saturated rings. The van der Waals surface area contributed by atoms with Crippen molar-refractivity contribution in [3.63, 3.8) is 0 Å². The molecule has 0 radical (unpaired) electrons. The summed E-state index contributed by atoms with van der Waals surface area (Å²) in [5.74, 6) is 5.38. The molecular formula is C12H16N2O. The molecule has 0 aliphatic heterocycles. The van der Waals surface area contributed by atoms with E-state index in [4.69, 9.17) is 5.84 Å². The smallest absolute Gasteiger partial charge is 0.155 e. The van der Waals surface area contributed by atoms with E-state index in [2.05, 4.69) is 5.43 Å². The first-order valence-electron chi connectivity index (χ1n) is 5.04. The molecule has 3 N–H and O–H groups in total. The largest absolute Gasteiger partial charge is 0.324 e. The van der Waals surface area contributed by atoms with Crippen molar-refractivity contribution in [2.45, 2.75) is 19.3 Å². The van der Waals surface area contributed by atoms with Crippen LogP contribution in [0, 0.1) is 0 Å². The third-order valence-electron chi connectivity index (χ3n) is 2.04. The molecule has 0 saturated heterocycles. The van der Waals surface area contributed by atoms with E-state index < -0.39 is 0 Å². The van der Waals surface area contributed by atoms with Crippen molar-refractivity contribution in [3.8, 4) is 0 Å². The molecule has 1 aromatic rings. The molecule has 0 unspecified atom stereocenters. The first kappa shape index (κ1) is 11.5. The molecule has 3 heteroatoms. The van der Waals surface area contributed by atoms with Gasteiger partial charge in [0.05, 0.1) is 0 Å². The topological polar surface area (TPSA) is 55.1 Å². The van der Waals surface area contributed by atoms with Crippen LogP contribution in [-0.4, -0.2) is 5.78 Å². The predicted octanol–water partition coefficient (Wildman–Crippen LogP) is 2.27. The van der Waals surface area contributed by atoms with Crippen molar-refractivity contribution in [1.29, 1.82) is 0 Å². The van der Waals surface area contributed by atoms with Crippen molar-refractivity contribution in [1.82, 2.24) is 0 Å². The van der Waals surface area contributed by atoms with E-state index in [1.807, 2.05) is 36.4 Å². The van der Waals surface area contributed by atoms with Crippen LogP contribution in [0.3, 0.4) is 0 Å². The number of hydrogen-bond donors (Lipinski definition) is 2. The second-order valence-corrected chi connectivity index (χ2v) is 3.27. The Bertz CT molecular complexity index is 320. The van der Waals surface area contributed by atoms with E-state index in [1.165, 1.54) is 0 Å². The van der Waals surface area contributed by atoms with Crippen molar-refractivity contribution in [3.05, 3.63) is 42.5 Å². The Morgan fingerprint density at radius 3 is 2.27 bits per heavy atom. The van der Waals surface area contributed by atoms with Crippen LogP contribution in [0.15, 0.2) is 42.5 Å². The fourth-order valence-corrected chi connectivity index (χ4v) is 1.23. The molecule has 1 aromatic carbocycles. The monoisotopic (exact) mass is 204 g/mol. The van der Waals surface area contributed by atoms with Gasteiger partial charge in [-0.2, -0.15) is 0 Å². The molecule has 0 heterocycles. The number of anilines is 1. The minimum absolute atomic E-state index is 0.284. The molecule has 2 rings (SSSR count). The summed E-state index contributed by atoms with van der Waals surface area (Å²) in [6, 6.07) is 9.60. The van der Waals surface area contributed by atoms with E-state index in [-0.39, 0.29) is 5.78 Å². The first-order chi connectivity index (χ1) is 7.33. The Labute approximate surface area is 90.0 Å². The summed E-state index contributed by atoms with van der Waals surface area (Å²) in [5.41, 5.74) is 3.46. The zero-order chi connectivity index (χ0) is 10.9. The van der Waals surface area contributed by atoms with Crippen LogP contribution in [0.25, 0.3) is 0 Å². The van der Waals surface area contributed by atoms with E-state index >= 15 is 0 Å². The zero-order valence-corrected chi connectivity index (χ0v) is 8.65. The van der Waals surface area contributed by atoms with Crippen LogP contribution in [0.5, 0.6) is 0 Å². The molecule has 0 aromatic heterocycles. The average Bonchev–Trinajstić information content (AvgIpc) is 2.32. The van der Waals surface area contributed by atoms with Gasteiger partial charge in [-0.15, -0.1) is 0 Å². The summed E-state index contributed by atoms with van der Waals surface area (Å²) in [7, 11) is 0. The highest BCUT2D eigenvalue weighted by atomic mass is 16.1. The normalized spacial score (nSPS) is 14.1. The molecule has 80 valence electrons. The summed E-state index contributed by atoms with van der Waals surface area (Å²) < 4.78 is 0. The maximum absolute atomic E-state index is 10.4. The van der Waals surface area contributed by atoms with Crippen LogP contribution in [0.2, 0.25) is 0 Å². The number of carbonyl (C=O) groups is 1. The van der Waals surface area contributed by atoms with Crippen LogP contribution in [-0.2, 0) is 4.79 Å². The van der Waals surface area contributed by atoms with E-state index in [1.54, 1.807) is 6.08 Å². The van der Waals surface area contributed by atoms with Gasteiger partial charge in [-0.25, -0.2) is 0 Å². The second-order valence-electron chi connectivity index (χ2n) is 3.27. The fourth-order valence-electron chi connectivity index (χ4n) is 1.23. The lowest BCUT2D eigenvalue weighted by atomic mass is 10.1. The van der Waals surface area contributed by atoms with Crippen LogP contribution < -0.4 is 11.3 Å². The first-order valence-corrected chi connectivity index (χ1v) is 5.04. The minimum Gasteiger partial charge on any atom is -0.324 e. The lowest BCUT2D eigenvalue weighted by molar-refractivity contribution is -0.114. The maximum atomic E-state index is 10.4. The number of hydrazine groups is 1. The number of carbonyl (C=O) groups excluding carboxylic acids is 1. The van der Waals surface area contributed by atoms with Crippen molar-refractivity contribution in [2.75, 3.05) is 5.43 Å². The number of allylic oxidation sites excluding steroid dienone is 2. The zero-order valence-electron chi connectivity index (χ0n) is 8.65. The fraction of sp³-hybridized carbons (Fsp3) is 0.250. The highest BCUT2D eigenvalue weighted by Crippen LogP contribution is 2.04. The molecule has 0 amide bonds. The Balaban J connectivity index is 0.000000151. The number of nitrogens with one attached hydrogen (secondary N) is 1. The minimum atomic E-state index is 0.284. The predicted molar refractivity (Wildman–Crippen MR) is 62.3 cm³/mol. The van der Waals surface area contributed by atoms with Gasteiger partial charge in [0.25, 0.3) is 0 Å². The molecule has 0 saturated carbocycles. The molecule has 3 nitrogen and oxygen atoms in total. The van der Waals surface area contributed by atoms with E-state index in [0.717, 1.165) is 24.9 Å². The Morgan fingerprint density at radius 2 is 1.93 bits per heavy atom. The Morgan fingerprint density at radius 1 is 1.20 bits per heavy atom. The van der Waals surface area contributed by atoms with Crippen LogP contribution in [0.4, 0.5) is 5.69 Å². The number of benzene rings is 1. The van der Waals surface area contributed by atoms with Gasteiger partial charge >= 0.3 is 0 Å². The van der Waals surface area contributed by atoms with Gasteiger partial charge in [0.1, 0.15) is 0 Å². The molecule has 15 heavy (non-hydrogen) atoms. The SMILES string of the molecule is NNc1ccccc1.O=C1C=CCCC1. The molecule has 0 bridgehead atoms. The van der Waals surface area contributed by atoms with Gasteiger partial charge in [-0.05, 0) is 31.1 Å². The lowest BCUT2D eigenvalue weighted by Gasteiger charge is -1.97. The standard InChI is InChI=1S/C6H8N2.C6H8O/c7-8-6-4-2-1-3-5-6;7-6-4-2-1-3-5-6/h1-5,8H,7H2;2,4H,1,3,5H2. The van der Waals surface area contributed by atoms with Gasteiger partial charge in [-0.3, -0.25) is 10.6 Å². The number of nitrogens with two attached hydrogens (primary N) is 1.